The molecule has 0 fully saturated rings. The highest BCUT2D eigenvalue weighted by atomic mass is 16.1. The Labute approximate surface area is 124 Å². The third-order valence-corrected chi connectivity index (χ3v) is 3.21. The van der Waals surface area contributed by atoms with Crippen LogP contribution in [0, 0.1) is 6.92 Å². The predicted molar refractivity (Wildman–Crippen MR) is 81.2 cm³/mol. The summed E-state index contributed by atoms with van der Waals surface area (Å²) in [4.78, 5) is 20.1. The highest BCUT2D eigenvalue weighted by Gasteiger charge is 2.09. The van der Waals surface area contributed by atoms with Crippen molar-refractivity contribution < 1.29 is 4.79 Å². The van der Waals surface area contributed by atoms with E-state index < -0.39 is 0 Å². The van der Waals surface area contributed by atoms with Gasteiger partial charge >= 0.3 is 0 Å². The minimum Gasteiger partial charge on any atom is -0.350 e. The number of aromatic nitrogens is 2. The van der Waals surface area contributed by atoms with Gasteiger partial charge < -0.3 is 11.1 Å². The Morgan fingerprint density at radius 2 is 2.05 bits per heavy atom. The molecule has 1 heterocycles. The molecule has 0 aliphatic rings. The van der Waals surface area contributed by atoms with Gasteiger partial charge in [-0.1, -0.05) is 30.3 Å². The molecule has 0 saturated heterocycles. The van der Waals surface area contributed by atoms with Crippen LogP contribution in [0.4, 0.5) is 0 Å². The summed E-state index contributed by atoms with van der Waals surface area (Å²) in [6, 6.07) is 11.5. The number of benzene rings is 1. The molecule has 21 heavy (non-hydrogen) atoms. The minimum absolute atomic E-state index is 0.0161. The van der Waals surface area contributed by atoms with Gasteiger partial charge in [-0.25, -0.2) is 9.97 Å². The zero-order valence-corrected chi connectivity index (χ0v) is 12.1. The summed E-state index contributed by atoms with van der Waals surface area (Å²) >= 11 is 0. The van der Waals surface area contributed by atoms with Gasteiger partial charge in [0.15, 0.2) is 0 Å². The zero-order valence-electron chi connectivity index (χ0n) is 12.1. The molecule has 0 spiro atoms. The van der Waals surface area contributed by atoms with Crippen molar-refractivity contribution >= 4 is 5.91 Å². The van der Waals surface area contributed by atoms with Crippen LogP contribution >= 0.6 is 0 Å². The predicted octanol–water partition coefficient (Wildman–Crippen LogP) is 1.88. The SMILES string of the molecule is Cc1nccc(CNC(=O)CCC(N)c2ccccc2)n1. The molecule has 5 nitrogen and oxygen atoms in total. The number of carbonyl (C=O) groups is 1. The van der Waals surface area contributed by atoms with Crippen molar-refractivity contribution in [2.45, 2.75) is 32.4 Å². The van der Waals surface area contributed by atoms with Gasteiger partial charge in [0.1, 0.15) is 5.82 Å². The second kappa shape index (κ2) is 7.50. The third-order valence-electron chi connectivity index (χ3n) is 3.21. The smallest absolute Gasteiger partial charge is 0.220 e. The molecule has 1 aromatic heterocycles. The lowest BCUT2D eigenvalue weighted by Gasteiger charge is -2.11. The van der Waals surface area contributed by atoms with E-state index in [0.717, 1.165) is 11.3 Å². The highest BCUT2D eigenvalue weighted by Crippen LogP contribution is 2.14. The lowest BCUT2D eigenvalue weighted by Crippen LogP contribution is -2.24. The lowest BCUT2D eigenvalue weighted by molar-refractivity contribution is -0.121. The molecule has 1 atom stereocenters. The molecule has 0 saturated carbocycles. The summed E-state index contributed by atoms with van der Waals surface area (Å²) in [7, 11) is 0. The number of nitrogens with zero attached hydrogens (tertiary/aromatic N) is 2. The standard InChI is InChI=1S/C16H20N4O/c1-12-18-10-9-14(20-12)11-19-16(21)8-7-15(17)13-5-3-2-4-6-13/h2-6,9-10,15H,7-8,11,17H2,1H3,(H,19,21). The van der Waals surface area contributed by atoms with Gasteiger partial charge in [0.05, 0.1) is 12.2 Å². The monoisotopic (exact) mass is 284 g/mol. The molecule has 3 N–H and O–H groups in total. The molecule has 0 radical (unpaired) electrons. The zero-order chi connectivity index (χ0) is 15.1. The minimum atomic E-state index is -0.113. The first-order valence-corrected chi connectivity index (χ1v) is 7.01. The number of rotatable bonds is 6. The Bertz CT molecular complexity index is 586. The Morgan fingerprint density at radius 1 is 1.29 bits per heavy atom. The van der Waals surface area contributed by atoms with Crippen molar-refractivity contribution in [2.75, 3.05) is 0 Å². The lowest BCUT2D eigenvalue weighted by atomic mass is 10.0. The Morgan fingerprint density at radius 3 is 2.76 bits per heavy atom. The fraction of sp³-hybridized carbons (Fsp3) is 0.312. The molecular formula is C16H20N4O. The number of hydrogen-bond donors (Lipinski definition) is 2. The first kappa shape index (κ1) is 15.1. The number of amides is 1. The molecule has 1 amide bonds. The quantitative estimate of drug-likeness (QED) is 0.848. The maximum atomic E-state index is 11.8. The number of nitrogens with two attached hydrogens (primary N) is 1. The fourth-order valence-corrected chi connectivity index (χ4v) is 2.03. The van der Waals surface area contributed by atoms with E-state index >= 15 is 0 Å². The summed E-state index contributed by atoms with van der Waals surface area (Å²) in [5.41, 5.74) is 7.93. The Hall–Kier alpha value is -2.27. The molecule has 0 aliphatic heterocycles. The van der Waals surface area contributed by atoms with E-state index in [4.69, 9.17) is 5.73 Å². The van der Waals surface area contributed by atoms with Crippen LogP contribution in [0.15, 0.2) is 42.6 Å². The van der Waals surface area contributed by atoms with Gasteiger partial charge in [-0.3, -0.25) is 4.79 Å². The maximum Gasteiger partial charge on any atom is 0.220 e. The Kier molecular flexibility index (Phi) is 5.40. The first-order chi connectivity index (χ1) is 10.1. The van der Waals surface area contributed by atoms with E-state index in [1.807, 2.05) is 37.3 Å². The molecule has 1 aromatic carbocycles. The van der Waals surface area contributed by atoms with Crippen LogP contribution in [0.3, 0.4) is 0 Å². The van der Waals surface area contributed by atoms with Crippen LogP contribution in [0.2, 0.25) is 0 Å². The second-order valence-electron chi connectivity index (χ2n) is 4.93. The first-order valence-electron chi connectivity index (χ1n) is 7.01. The second-order valence-corrected chi connectivity index (χ2v) is 4.93. The van der Waals surface area contributed by atoms with Crippen molar-refractivity contribution in [1.29, 1.82) is 0 Å². The van der Waals surface area contributed by atoms with Crippen molar-refractivity contribution in [3.8, 4) is 0 Å². The average molecular weight is 284 g/mol. The van der Waals surface area contributed by atoms with Crippen molar-refractivity contribution in [3.05, 3.63) is 59.7 Å². The van der Waals surface area contributed by atoms with Crippen molar-refractivity contribution in [3.63, 3.8) is 0 Å². The maximum absolute atomic E-state index is 11.8. The van der Waals surface area contributed by atoms with Crippen LogP contribution in [-0.2, 0) is 11.3 Å². The van der Waals surface area contributed by atoms with Gasteiger partial charge in [-0.15, -0.1) is 0 Å². The Balaban J connectivity index is 1.75. The van der Waals surface area contributed by atoms with Crippen molar-refractivity contribution in [1.82, 2.24) is 15.3 Å². The van der Waals surface area contributed by atoms with Crippen LogP contribution < -0.4 is 11.1 Å². The fourth-order valence-electron chi connectivity index (χ4n) is 2.03. The van der Waals surface area contributed by atoms with Crippen LogP contribution in [-0.4, -0.2) is 15.9 Å². The number of hydrogen-bond acceptors (Lipinski definition) is 4. The van der Waals surface area contributed by atoms with Crippen LogP contribution in [0.25, 0.3) is 0 Å². The molecule has 5 heteroatoms. The van der Waals surface area contributed by atoms with Crippen LogP contribution in [0.1, 0.15) is 36.0 Å². The molecule has 0 bridgehead atoms. The van der Waals surface area contributed by atoms with E-state index in [1.165, 1.54) is 0 Å². The van der Waals surface area contributed by atoms with E-state index in [1.54, 1.807) is 12.3 Å². The summed E-state index contributed by atoms with van der Waals surface area (Å²) in [6.45, 7) is 2.24. The van der Waals surface area contributed by atoms with E-state index in [-0.39, 0.29) is 11.9 Å². The molecule has 0 aliphatic carbocycles. The van der Waals surface area contributed by atoms with Gasteiger partial charge in [0, 0.05) is 18.7 Å². The summed E-state index contributed by atoms with van der Waals surface area (Å²) < 4.78 is 0. The normalized spacial score (nSPS) is 11.9. The number of carbonyl (C=O) groups excluding carboxylic acids is 1. The molecule has 2 rings (SSSR count). The van der Waals surface area contributed by atoms with E-state index in [2.05, 4.69) is 15.3 Å². The summed E-state index contributed by atoms with van der Waals surface area (Å²) in [6.07, 6.45) is 2.72. The van der Waals surface area contributed by atoms with Gasteiger partial charge in [-0.2, -0.15) is 0 Å². The van der Waals surface area contributed by atoms with Crippen LogP contribution in [0.5, 0.6) is 0 Å². The highest BCUT2D eigenvalue weighted by molar-refractivity contribution is 5.75. The summed E-state index contributed by atoms with van der Waals surface area (Å²) in [5.74, 6) is 0.686. The van der Waals surface area contributed by atoms with Gasteiger partial charge in [0.2, 0.25) is 5.91 Å². The molecule has 1 unspecified atom stereocenters. The molecule has 110 valence electrons. The molecular weight excluding hydrogens is 264 g/mol. The topological polar surface area (TPSA) is 80.9 Å². The van der Waals surface area contributed by atoms with Gasteiger partial charge in [0.25, 0.3) is 0 Å². The number of nitrogens with one attached hydrogen (secondary N) is 1. The van der Waals surface area contributed by atoms with Gasteiger partial charge in [-0.05, 0) is 25.0 Å². The number of aryl methyl sites for hydroxylation is 1. The summed E-state index contributed by atoms with van der Waals surface area (Å²) in [5, 5.41) is 2.85. The average Bonchev–Trinajstić information content (AvgIpc) is 2.51. The van der Waals surface area contributed by atoms with E-state index in [9.17, 15) is 4.79 Å². The molecule has 2 aromatic rings. The third kappa shape index (κ3) is 4.96. The van der Waals surface area contributed by atoms with E-state index in [0.29, 0.717) is 25.2 Å². The largest absolute Gasteiger partial charge is 0.350 e. The van der Waals surface area contributed by atoms with Crippen molar-refractivity contribution in [2.24, 2.45) is 5.73 Å².